The van der Waals surface area contributed by atoms with Crippen LogP contribution in [0, 0.1) is 17.5 Å². The standard InChI is InChI=1S/C12H11F3N4/c1-2-16-12-17-6-10(15)11(19-12)18-7-3-4-8(13)9(14)5-7/h3-6H,2H2,1H3,(H2,16,17,18,19). The zero-order chi connectivity index (χ0) is 13.8. The number of rotatable bonds is 4. The average molecular weight is 268 g/mol. The molecular formula is C12H11F3N4. The van der Waals surface area contributed by atoms with Crippen LogP contribution in [0.1, 0.15) is 6.92 Å². The number of nitrogens with one attached hydrogen (secondary N) is 2. The summed E-state index contributed by atoms with van der Waals surface area (Å²) in [6.07, 6.45) is 0.993. The van der Waals surface area contributed by atoms with Crippen LogP contribution < -0.4 is 10.6 Å². The van der Waals surface area contributed by atoms with Crippen molar-refractivity contribution in [3.05, 3.63) is 41.8 Å². The van der Waals surface area contributed by atoms with Crippen molar-refractivity contribution in [1.29, 1.82) is 0 Å². The molecule has 0 saturated heterocycles. The van der Waals surface area contributed by atoms with E-state index in [-0.39, 0.29) is 17.5 Å². The molecule has 2 aromatic rings. The topological polar surface area (TPSA) is 49.8 Å². The first-order valence-corrected chi connectivity index (χ1v) is 5.58. The molecule has 0 bridgehead atoms. The van der Waals surface area contributed by atoms with E-state index in [0.29, 0.717) is 6.54 Å². The lowest BCUT2D eigenvalue weighted by molar-refractivity contribution is 0.509. The monoisotopic (exact) mass is 268 g/mol. The van der Waals surface area contributed by atoms with Gasteiger partial charge in [-0.25, -0.2) is 18.2 Å². The quantitative estimate of drug-likeness (QED) is 0.894. The molecule has 1 aromatic carbocycles. The Hall–Kier alpha value is -2.31. The summed E-state index contributed by atoms with van der Waals surface area (Å²) in [6, 6.07) is 3.15. The maximum Gasteiger partial charge on any atom is 0.224 e. The van der Waals surface area contributed by atoms with Crippen molar-refractivity contribution < 1.29 is 13.2 Å². The minimum absolute atomic E-state index is 0.114. The van der Waals surface area contributed by atoms with E-state index >= 15 is 0 Å². The molecule has 2 N–H and O–H groups in total. The maximum absolute atomic E-state index is 13.5. The van der Waals surface area contributed by atoms with Crippen molar-refractivity contribution in [3.63, 3.8) is 0 Å². The van der Waals surface area contributed by atoms with Crippen LogP contribution in [0.4, 0.5) is 30.6 Å². The molecule has 0 spiro atoms. The predicted molar refractivity (Wildman–Crippen MR) is 65.8 cm³/mol. The molecule has 0 amide bonds. The summed E-state index contributed by atoms with van der Waals surface area (Å²) in [7, 11) is 0. The largest absolute Gasteiger partial charge is 0.354 e. The summed E-state index contributed by atoms with van der Waals surface area (Å²) in [5, 5.41) is 5.38. The number of halogens is 3. The van der Waals surface area contributed by atoms with E-state index in [4.69, 9.17) is 0 Å². The lowest BCUT2D eigenvalue weighted by Gasteiger charge is -2.08. The fourth-order valence-corrected chi connectivity index (χ4v) is 1.41. The summed E-state index contributed by atoms with van der Waals surface area (Å²) in [5.74, 6) is -2.55. The van der Waals surface area contributed by atoms with E-state index in [0.717, 1.165) is 18.3 Å². The highest BCUT2D eigenvalue weighted by atomic mass is 19.2. The van der Waals surface area contributed by atoms with Gasteiger partial charge in [0.05, 0.1) is 6.20 Å². The summed E-state index contributed by atoms with van der Waals surface area (Å²) in [4.78, 5) is 7.62. The number of benzene rings is 1. The van der Waals surface area contributed by atoms with E-state index in [1.807, 2.05) is 6.92 Å². The molecule has 100 valence electrons. The Balaban J connectivity index is 2.26. The number of nitrogens with zero attached hydrogens (tertiary/aromatic N) is 2. The van der Waals surface area contributed by atoms with Gasteiger partial charge in [-0.1, -0.05) is 0 Å². The minimum Gasteiger partial charge on any atom is -0.354 e. The van der Waals surface area contributed by atoms with Crippen molar-refractivity contribution in [2.75, 3.05) is 17.2 Å². The third-order valence-corrected chi connectivity index (χ3v) is 2.26. The first kappa shape index (κ1) is 13.1. The van der Waals surface area contributed by atoms with E-state index < -0.39 is 17.5 Å². The second-order valence-electron chi connectivity index (χ2n) is 3.67. The first-order chi connectivity index (χ1) is 9.10. The molecule has 0 fully saturated rings. The molecule has 0 radical (unpaired) electrons. The Morgan fingerprint density at radius 1 is 1.11 bits per heavy atom. The fraction of sp³-hybridized carbons (Fsp3) is 0.167. The van der Waals surface area contributed by atoms with Crippen molar-refractivity contribution >= 4 is 17.5 Å². The zero-order valence-electron chi connectivity index (χ0n) is 10.0. The molecule has 4 nitrogen and oxygen atoms in total. The van der Waals surface area contributed by atoms with Gasteiger partial charge in [-0.3, -0.25) is 0 Å². The van der Waals surface area contributed by atoms with Crippen LogP contribution in [0.2, 0.25) is 0 Å². The number of hydrogen-bond donors (Lipinski definition) is 2. The van der Waals surface area contributed by atoms with E-state index in [9.17, 15) is 13.2 Å². The molecule has 7 heteroatoms. The Morgan fingerprint density at radius 3 is 2.58 bits per heavy atom. The summed E-state index contributed by atoms with van der Waals surface area (Å²) >= 11 is 0. The van der Waals surface area contributed by atoms with Crippen molar-refractivity contribution in [2.45, 2.75) is 6.92 Å². The molecule has 0 aliphatic carbocycles. The van der Waals surface area contributed by atoms with Gasteiger partial charge in [-0.15, -0.1) is 0 Å². The first-order valence-electron chi connectivity index (χ1n) is 5.58. The Kier molecular flexibility index (Phi) is 3.84. The van der Waals surface area contributed by atoms with Crippen LogP contribution in [0.15, 0.2) is 24.4 Å². The predicted octanol–water partition coefficient (Wildman–Crippen LogP) is 3.07. The highest BCUT2D eigenvalue weighted by Gasteiger charge is 2.08. The summed E-state index contributed by atoms with van der Waals surface area (Å²) in [5.41, 5.74) is 0.193. The van der Waals surface area contributed by atoms with Gasteiger partial charge in [-0.05, 0) is 19.1 Å². The second-order valence-corrected chi connectivity index (χ2v) is 3.67. The van der Waals surface area contributed by atoms with Gasteiger partial charge >= 0.3 is 0 Å². The number of anilines is 3. The third-order valence-electron chi connectivity index (χ3n) is 2.26. The van der Waals surface area contributed by atoms with Crippen LogP contribution in [0.25, 0.3) is 0 Å². The molecular weight excluding hydrogens is 257 g/mol. The van der Waals surface area contributed by atoms with Crippen LogP contribution in [-0.2, 0) is 0 Å². The van der Waals surface area contributed by atoms with Crippen molar-refractivity contribution in [1.82, 2.24) is 9.97 Å². The highest BCUT2D eigenvalue weighted by molar-refractivity contribution is 5.57. The Bertz CT molecular complexity index is 589. The fourth-order valence-electron chi connectivity index (χ4n) is 1.41. The molecule has 19 heavy (non-hydrogen) atoms. The number of hydrogen-bond acceptors (Lipinski definition) is 4. The van der Waals surface area contributed by atoms with Gasteiger partial charge in [-0.2, -0.15) is 4.98 Å². The SMILES string of the molecule is CCNc1ncc(F)c(Nc2ccc(F)c(F)c2)n1. The van der Waals surface area contributed by atoms with Crippen molar-refractivity contribution in [2.24, 2.45) is 0 Å². The smallest absolute Gasteiger partial charge is 0.224 e. The molecule has 0 unspecified atom stereocenters. The van der Waals surface area contributed by atoms with E-state index in [1.54, 1.807) is 0 Å². The third kappa shape index (κ3) is 3.12. The molecule has 1 aromatic heterocycles. The van der Waals surface area contributed by atoms with Crippen LogP contribution in [0.3, 0.4) is 0 Å². The lowest BCUT2D eigenvalue weighted by atomic mass is 10.3. The summed E-state index contributed by atoms with van der Waals surface area (Å²) in [6.45, 7) is 2.42. The molecule has 1 heterocycles. The van der Waals surface area contributed by atoms with Gasteiger partial charge < -0.3 is 10.6 Å². The molecule has 2 rings (SSSR count). The van der Waals surface area contributed by atoms with Crippen LogP contribution in [-0.4, -0.2) is 16.5 Å². The lowest BCUT2D eigenvalue weighted by Crippen LogP contribution is -2.06. The van der Waals surface area contributed by atoms with Gasteiger partial charge in [0.1, 0.15) is 0 Å². The molecule has 0 aliphatic rings. The molecule has 0 aliphatic heterocycles. The van der Waals surface area contributed by atoms with Gasteiger partial charge in [0.15, 0.2) is 23.3 Å². The van der Waals surface area contributed by atoms with Gasteiger partial charge in [0.2, 0.25) is 5.95 Å². The maximum atomic E-state index is 13.5. The van der Waals surface area contributed by atoms with Crippen LogP contribution in [0.5, 0.6) is 0 Å². The van der Waals surface area contributed by atoms with Gasteiger partial charge in [0, 0.05) is 18.3 Å². The van der Waals surface area contributed by atoms with E-state index in [1.165, 1.54) is 6.07 Å². The van der Waals surface area contributed by atoms with E-state index in [2.05, 4.69) is 20.6 Å². The van der Waals surface area contributed by atoms with Crippen LogP contribution >= 0.6 is 0 Å². The highest BCUT2D eigenvalue weighted by Crippen LogP contribution is 2.20. The number of aromatic nitrogens is 2. The van der Waals surface area contributed by atoms with Gasteiger partial charge in [0.25, 0.3) is 0 Å². The Labute approximate surface area is 107 Å². The summed E-state index contributed by atoms with van der Waals surface area (Å²) < 4.78 is 39.3. The Morgan fingerprint density at radius 2 is 1.89 bits per heavy atom. The minimum atomic E-state index is -1.02. The molecule has 0 atom stereocenters. The second kappa shape index (κ2) is 5.55. The normalized spacial score (nSPS) is 10.3. The zero-order valence-corrected chi connectivity index (χ0v) is 10.0. The molecule has 0 saturated carbocycles. The van der Waals surface area contributed by atoms with Crippen molar-refractivity contribution in [3.8, 4) is 0 Å². The average Bonchev–Trinajstić information content (AvgIpc) is 2.38.